The molecule has 0 aliphatic heterocycles. The largest absolute Gasteiger partial charge is 0.504 e. The molecule has 2 rings (SSSR count). The van der Waals surface area contributed by atoms with E-state index < -0.39 is 0 Å². The zero-order chi connectivity index (χ0) is 10.8. The van der Waals surface area contributed by atoms with Gasteiger partial charge in [0.25, 0.3) is 0 Å². The highest BCUT2D eigenvalue weighted by atomic mass is 16.4. The number of hydrogen-bond acceptors (Lipinski definition) is 4. The third-order valence-electron chi connectivity index (χ3n) is 2.66. The minimum atomic E-state index is -0.0327. The van der Waals surface area contributed by atoms with Crippen molar-refractivity contribution >= 4 is 11.5 Å². The van der Waals surface area contributed by atoms with E-state index >= 15 is 0 Å². The Balaban J connectivity index is 2.39. The summed E-state index contributed by atoms with van der Waals surface area (Å²) in [6.45, 7) is 1.74. The van der Waals surface area contributed by atoms with E-state index in [2.05, 4.69) is 4.98 Å². The van der Waals surface area contributed by atoms with Crippen LogP contribution in [-0.4, -0.2) is 15.9 Å². The van der Waals surface area contributed by atoms with Crippen molar-refractivity contribution in [2.45, 2.75) is 32.6 Å². The molecule has 4 nitrogen and oxygen atoms in total. The highest BCUT2D eigenvalue weighted by molar-refractivity contribution is 6.01. The van der Waals surface area contributed by atoms with Crippen LogP contribution in [0.1, 0.15) is 37.1 Å². The lowest BCUT2D eigenvalue weighted by Crippen LogP contribution is -2.10. The van der Waals surface area contributed by atoms with E-state index in [1.807, 2.05) is 0 Å². The maximum atomic E-state index is 11.6. The Kier molecular flexibility index (Phi) is 2.58. The van der Waals surface area contributed by atoms with Gasteiger partial charge < -0.3 is 9.52 Å². The predicted molar refractivity (Wildman–Crippen MR) is 54.3 cm³/mol. The Hall–Kier alpha value is -1.58. The molecule has 1 saturated carbocycles. The lowest BCUT2D eigenvalue weighted by atomic mass is 9.92. The highest BCUT2D eigenvalue weighted by Crippen LogP contribution is 2.27. The molecule has 4 heteroatoms. The highest BCUT2D eigenvalue weighted by Gasteiger charge is 2.22. The van der Waals surface area contributed by atoms with Gasteiger partial charge in [-0.1, -0.05) is 0 Å². The summed E-state index contributed by atoms with van der Waals surface area (Å²) in [5.41, 5.74) is 1.10. The van der Waals surface area contributed by atoms with E-state index in [-0.39, 0.29) is 11.5 Å². The Bertz CT molecular complexity index is 417. The molecule has 1 heterocycles. The summed E-state index contributed by atoms with van der Waals surface area (Å²) in [6.07, 6.45) is 4.27. The van der Waals surface area contributed by atoms with Crippen molar-refractivity contribution in [2.75, 3.05) is 0 Å². The third-order valence-corrected chi connectivity index (χ3v) is 2.66. The molecule has 1 fully saturated rings. The fourth-order valence-electron chi connectivity index (χ4n) is 1.79. The molecule has 1 aromatic heterocycles. The van der Waals surface area contributed by atoms with Gasteiger partial charge in [-0.25, -0.2) is 4.98 Å². The average Bonchev–Trinajstić information content (AvgIpc) is 2.64. The monoisotopic (exact) mass is 207 g/mol. The van der Waals surface area contributed by atoms with Gasteiger partial charge in [-0.15, -0.1) is 0 Å². The second-order valence-corrected chi connectivity index (χ2v) is 3.72. The van der Waals surface area contributed by atoms with Crippen LogP contribution in [-0.2, 0) is 4.79 Å². The number of aliphatic hydroxyl groups excluding tert-OH is 1. The van der Waals surface area contributed by atoms with Gasteiger partial charge in [-0.2, -0.15) is 0 Å². The fraction of sp³-hybridized carbons (Fsp3) is 0.455. The summed E-state index contributed by atoms with van der Waals surface area (Å²) in [5, 5.41) is 9.91. The fourth-order valence-corrected chi connectivity index (χ4v) is 1.79. The first-order valence-electron chi connectivity index (χ1n) is 5.06. The number of carbonyl (C=O) groups excluding carboxylic acids is 1. The van der Waals surface area contributed by atoms with E-state index in [4.69, 9.17) is 4.42 Å². The van der Waals surface area contributed by atoms with Crippen LogP contribution >= 0.6 is 0 Å². The van der Waals surface area contributed by atoms with Gasteiger partial charge in [0, 0.05) is 12.0 Å². The molecule has 1 aliphatic rings. The van der Waals surface area contributed by atoms with Crippen LogP contribution in [0.2, 0.25) is 0 Å². The van der Waals surface area contributed by atoms with Crippen molar-refractivity contribution in [3.63, 3.8) is 0 Å². The van der Waals surface area contributed by atoms with Crippen molar-refractivity contribution in [1.82, 2.24) is 4.98 Å². The van der Waals surface area contributed by atoms with Gasteiger partial charge in [-0.3, -0.25) is 4.79 Å². The van der Waals surface area contributed by atoms with E-state index in [9.17, 15) is 9.90 Å². The standard InChI is InChI=1S/C11H13NO3/c1-7-11(15-6-12-7)10(14)8-4-2-3-5-9(8)13/h6,14H,2-5H2,1H3/b10-8+. The quantitative estimate of drug-likeness (QED) is 0.567. The maximum absolute atomic E-state index is 11.6. The van der Waals surface area contributed by atoms with Crippen molar-refractivity contribution < 1.29 is 14.3 Å². The molecule has 0 unspecified atom stereocenters. The molecule has 80 valence electrons. The van der Waals surface area contributed by atoms with E-state index in [1.54, 1.807) is 6.92 Å². The van der Waals surface area contributed by atoms with Gasteiger partial charge in [0.1, 0.15) is 0 Å². The predicted octanol–water partition coefficient (Wildman–Crippen LogP) is 2.40. The van der Waals surface area contributed by atoms with Crippen molar-refractivity contribution in [1.29, 1.82) is 0 Å². The van der Waals surface area contributed by atoms with Crippen LogP contribution in [0.4, 0.5) is 0 Å². The van der Waals surface area contributed by atoms with Gasteiger partial charge in [0.05, 0.1) is 5.69 Å². The van der Waals surface area contributed by atoms with Crippen LogP contribution < -0.4 is 0 Å². The second-order valence-electron chi connectivity index (χ2n) is 3.72. The SMILES string of the molecule is Cc1ncoc1/C(O)=C1/CCCCC1=O. The first-order valence-corrected chi connectivity index (χ1v) is 5.06. The Morgan fingerprint density at radius 3 is 2.80 bits per heavy atom. The second kappa shape index (κ2) is 3.88. The molecule has 0 saturated heterocycles. The first kappa shape index (κ1) is 9.96. The molecule has 0 atom stereocenters. The molecule has 1 aliphatic carbocycles. The average molecular weight is 207 g/mol. The van der Waals surface area contributed by atoms with Gasteiger partial charge >= 0.3 is 0 Å². The molecule has 0 radical (unpaired) electrons. The molecular formula is C11H13NO3. The third kappa shape index (κ3) is 1.79. The lowest BCUT2D eigenvalue weighted by molar-refractivity contribution is -0.116. The number of ketones is 1. The number of aromatic nitrogens is 1. The Morgan fingerprint density at radius 2 is 2.20 bits per heavy atom. The van der Waals surface area contributed by atoms with Crippen LogP contribution in [0.15, 0.2) is 16.4 Å². The zero-order valence-corrected chi connectivity index (χ0v) is 8.62. The number of rotatable bonds is 1. The molecule has 0 amide bonds. The Labute approximate surface area is 87.6 Å². The molecule has 1 aromatic rings. The normalized spacial score (nSPS) is 20.5. The van der Waals surface area contributed by atoms with Gasteiger partial charge in [0.2, 0.25) is 0 Å². The molecule has 15 heavy (non-hydrogen) atoms. The summed E-state index contributed by atoms with van der Waals surface area (Å²) < 4.78 is 5.06. The van der Waals surface area contributed by atoms with E-state index in [0.717, 1.165) is 12.8 Å². The number of nitrogens with zero attached hydrogens (tertiary/aromatic N) is 1. The van der Waals surface area contributed by atoms with Crippen LogP contribution in [0.3, 0.4) is 0 Å². The molecule has 1 N–H and O–H groups in total. The summed E-state index contributed by atoms with van der Waals surface area (Å²) in [7, 11) is 0. The lowest BCUT2D eigenvalue weighted by Gasteiger charge is -2.13. The summed E-state index contributed by atoms with van der Waals surface area (Å²) >= 11 is 0. The first-order chi connectivity index (χ1) is 7.20. The van der Waals surface area contributed by atoms with Crippen LogP contribution in [0, 0.1) is 6.92 Å². The molecule has 0 aromatic carbocycles. The number of aryl methyl sites for hydroxylation is 1. The van der Waals surface area contributed by atoms with E-state index in [0.29, 0.717) is 29.9 Å². The van der Waals surface area contributed by atoms with Crippen molar-refractivity contribution in [2.24, 2.45) is 0 Å². The molecule has 0 spiro atoms. The van der Waals surface area contributed by atoms with Crippen LogP contribution in [0.25, 0.3) is 5.76 Å². The van der Waals surface area contributed by atoms with Crippen molar-refractivity contribution in [3.8, 4) is 0 Å². The van der Waals surface area contributed by atoms with Crippen molar-refractivity contribution in [3.05, 3.63) is 23.4 Å². The number of hydrogen-bond donors (Lipinski definition) is 1. The van der Waals surface area contributed by atoms with Crippen LogP contribution in [0.5, 0.6) is 0 Å². The minimum absolute atomic E-state index is 0.0227. The summed E-state index contributed by atoms with van der Waals surface area (Å²) in [6, 6.07) is 0. The van der Waals surface area contributed by atoms with Gasteiger partial charge in [0.15, 0.2) is 23.7 Å². The Morgan fingerprint density at radius 1 is 1.47 bits per heavy atom. The zero-order valence-electron chi connectivity index (χ0n) is 8.62. The maximum Gasteiger partial charge on any atom is 0.192 e. The topological polar surface area (TPSA) is 63.3 Å². The van der Waals surface area contributed by atoms with Gasteiger partial charge in [-0.05, 0) is 26.2 Å². The number of Topliss-reactive ketones (excluding diaryl/α,β-unsaturated/α-hetero) is 1. The van der Waals surface area contributed by atoms with E-state index in [1.165, 1.54) is 6.39 Å². The minimum Gasteiger partial charge on any atom is -0.504 e. The molecule has 0 bridgehead atoms. The summed E-state index contributed by atoms with van der Waals surface area (Å²) in [4.78, 5) is 15.4. The number of oxazole rings is 1. The molecular weight excluding hydrogens is 194 g/mol. The number of aliphatic hydroxyl groups is 1. The smallest absolute Gasteiger partial charge is 0.192 e. The number of carbonyl (C=O) groups is 1. The number of allylic oxidation sites excluding steroid dienone is 1. The summed E-state index contributed by atoms with van der Waals surface area (Å²) in [5.74, 6) is 0.310.